The van der Waals surface area contributed by atoms with Crippen LogP contribution in [0.1, 0.15) is 20.8 Å². The fraction of sp³-hybridized carbons (Fsp3) is 0.750. The summed E-state index contributed by atoms with van der Waals surface area (Å²) in [6.07, 6.45) is 4.88. The molecule has 92 valence electrons. The third-order valence-electron chi connectivity index (χ3n) is 1.88. The van der Waals surface area contributed by atoms with Gasteiger partial charge in [-0.25, -0.2) is 4.79 Å². The standard InChI is InChI=1S/C12H22N2O2/c1-7-8-13(5)9-10-14(6)11(15)16-12(2,3)4/h1H,8-10H2,2-6H3. The van der Waals surface area contributed by atoms with Crippen LogP contribution >= 0.6 is 0 Å². The monoisotopic (exact) mass is 226 g/mol. The zero-order chi connectivity index (χ0) is 12.8. The second kappa shape index (κ2) is 6.39. The third-order valence-corrected chi connectivity index (χ3v) is 1.88. The van der Waals surface area contributed by atoms with E-state index in [0.717, 1.165) is 6.54 Å². The molecule has 4 heteroatoms. The zero-order valence-corrected chi connectivity index (χ0v) is 10.9. The van der Waals surface area contributed by atoms with Gasteiger partial charge in [0.15, 0.2) is 0 Å². The quantitative estimate of drug-likeness (QED) is 0.680. The first-order chi connectivity index (χ1) is 7.26. The van der Waals surface area contributed by atoms with E-state index in [1.807, 2.05) is 32.7 Å². The van der Waals surface area contributed by atoms with Crippen molar-refractivity contribution in [3.05, 3.63) is 0 Å². The van der Waals surface area contributed by atoms with Gasteiger partial charge in [0.25, 0.3) is 0 Å². The lowest BCUT2D eigenvalue weighted by Gasteiger charge is -2.25. The molecule has 16 heavy (non-hydrogen) atoms. The van der Waals surface area contributed by atoms with Crippen molar-refractivity contribution in [3.63, 3.8) is 0 Å². The van der Waals surface area contributed by atoms with E-state index in [2.05, 4.69) is 5.92 Å². The lowest BCUT2D eigenvalue weighted by molar-refractivity contribution is 0.0289. The minimum atomic E-state index is -0.448. The predicted molar refractivity (Wildman–Crippen MR) is 65.2 cm³/mol. The zero-order valence-electron chi connectivity index (χ0n) is 10.9. The lowest BCUT2D eigenvalue weighted by atomic mass is 10.2. The van der Waals surface area contributed by atoms with Gasteiger partial charge in [-0.05, 0) is 27.8 Å². The van der Waals surface area contributed by atoms with E-state index in [9.17, 15) is 4.79 Å². The van der Waals surface area contributed by atoms with Gasteiger partial charge in [-0.2, -0.15) is 0 Å². The summed E-state index contributed by atoms with van der Waals surface area (Å²) in [5.41, 5.74) is -0.448. The van der Waals surface area contributed by atoms with Crippen molar-refractivity contribution in [3.8, 4) is 12.3 Å². The van der Waals surface area contributed by atoms with Crippen LogP contribution in [0.5, 0.6) is 0 Å². The van der Waals surface area contributed by atoms with Gasteiger partial charge in [0, 0.05) is 20.1 Å². The molecule has 0 heterocycles. The van der Waals surface area contributed by atoms with Crippen LogP contribution in [0, 0.1) is 12.3 Å². The highest BCUT2D eigenvalue weighted by Crippen LogP contribution is 2.08. The second-order valence-electron chi connectivity index (χ2n) is 4.84. The van der Waals surface area contributed by atoms with Gasteiger partial charge < -0.3 is 9.64 Å². The minimum Gasteiger partial charge on any atom is -0.444 e. The first-order valence-corrected chi connectivity index (χ1v) is 5.32. The van der Waals surface area contributed by atoms with Gasteiger partial charge in [-0.15, -0.1) is 6.42 Å². The van der Waals surface area contributed by atoms with E-state index in [-0.39, 0.29) is 6.09 Å². The average molecular weight is 226 g/mol. The molecule has 0 aliphatic heterocycles. The fourth-order valence-electron chi connectivity index (χ4n) is 0.987. The van der Waals surface area contributed by atoms with Gasteiger partial charge in [0.2, 0.25) is 0 Å². The molecule has 0 aromatic carbocycles. The van der Waals surface area contributed by atoms with Crippen LogP contribution in [0.4, 0.5) is 4.79 Å². The molecule has 0 bridgehead atoms. The highest BCUT2D eigenvalue weighted by Gasteiger charge is 2.19. The molecule has 0 spiro atoms. The summed E-state index contributed by atoms with van der Waals surface area (Å²) in [7, 11) is 3.64. The van der Waals surface area contributed by atoms with Crippen molar-refractivity contribution in [1.29, 1.82) is 0 Å². The maximum absolute atomic E-state index is 11.6. The number of carbonyl (C=O) groups excluding carboxylic acids is 1. The third kappa shape index (κ3) is 7.13. The van der Waals surface area contributed by atoms with Gasteiger partial charge >= 0.3 is 6.09 Å². The summed E-state index contributed by atoms with van der Waals surface area (Å²) in [5, 5.41) is 0. The Hall–Kier alpha value is -1.21. The van der Waals surface area contributed by atoms with Gasteiger partial charge in [-0.3, -0.25) is 4.90 Å². The first kappa shape index (κ1) is 14.8. The molecule has 0 unspecified atom stereocenters. The van der Waals surface area contributed by atoms with E-state index in [0.29, 0.717) is 13.1 Å². The fourth-order valence-corrected chi connectivity index (χ4v) is 0.987. The normalized spacial score (nSPS) is 11.1. The summed E-state index contributed by atoms with van der Waals surface area (Å²) in [6.45, 7) is 7.48. The highest BCUT2D eigenvalue weighted by atomic mass is 16.6. The Labute approximate surface area is 98.5 Å². The molecule has 0 aromatic heterocycles. The summed E-state index contributed by atoms with van der Waals surface area (Å²) >= 11 is 0. The molecule has 1 amide bonds. The maximum atomic E-state index is 11.6. The molecule has 0 rings (SSSR count). The number of likely N-dealkylation sites (N-methyl/N-ethyl adjacent to an activating group) is 2. The largest absolute Gasteiger partial charge is 0.444 e. The Kier molecular flexibility index (Phi) is 5.91. The molecule has 0 radical (unpaired) electrons. The summed E-state index contributed by atoms with van der Waals surface area (Å²) < 4.78 is 5.22. The molecule has 0 N–H and O–H groups in total. The number of terminal acetylenes is 1. The molecular weight excluding hydrogens is 204 g/mol. The molecular formula is C12H22N2O2. The van der Waals surface area contributed by atoms with Crippen LogP contribution < -0.4 is 0 Å². The second-order valence-corrected chi connectivity index (χ2v) is 4.84. The van der Waals surface area contributed by atoms with Gasteiger partial charge in [-0.1, -0.05) is 5.92 Å². The maximum Gasteiger partial charge on any atom is 0.410 e. The Morgan fingerprint density at radius 3 is 2.31 bits per heavy atom. The van der Waals surface area contributed by atoms with E-state index < -0.39 is 5.60 Å². The molecule has 0 aromatic rings. The van der Waals surface area contributed by atoms with Crippen LogP contribution in [0.15, 0.2) is 0 Å². The van der Waals surface area contributed by atoms with Crippen LogP contribution in [0.3, 0.4) is 0 Å². The van der Waals surface area contributed by atoms with Crippen molar-refractivity contribution < 1.29 is 9.53 Å². The highest BCUT2D eigenvalue weighted by molar-refractivity contribution is 5.67. The number of hydrogen-bond donors (Lipinski definition) is 0. The summed E-state index contributed by atoms with van der Waals surface area (Å²) in [6, 6.07) is 0. The summed E-state index contributed by atoms with van der Waals surface area (Å²) in [5.74, 6) is 2.55. The summed E-state index contributed by atoms with van der Waals surface area (Å²) in [4.78, 5) is 15.1. The predicted octanol–water partition coefficient (Wildman–Crippen LogP) is 1.42. The van der Waals surface area contributed by atoms with E-state index in [1.165, 1.54) is 0 Å². The van der Waals surface area contributed by atoms with Crippen molar-refractivity contribution in [2.24, 2.45) is 0 Å². The van der Waals surface area contributed by atoms with Crippen molar-refractivity contribution in [2.75, 3.05) is 33.7 Å². The molecule has 0 atom stereocenters. The molecule has 0 aliphatic rings. The molecule has 4 nitrogen and oxygen atoms in total. The number of hydrogen-bond acceptors (Lipinski definition) is 3. The van der Waals surface area contributed by atoms with Crippen LogP contribution in [0.25, 0.3) is 0 Å². The van der Waals surface area contributed by atoms with Crippen LogP contribution in [-0.4, -0.2) is 55.2 Å². The Balaban J connectivity index is 3.94. The van der Waals surface area contributed by atoms with Gasteiger partial charge in [0.05, 0.1) is 6.54 Å². The Morgan fingerprint density at radius 1 is 1.31 bits per heavy atom. The Morgan fingerprint density at radius 2 is 1.88 bits per heavy atom. The number of amides is 1. The molecule has 0 saturated heterocycles. The van der Waals surface area contributed by atoms with Crippen LogP contribution in [0.2, 0.25) is 0 Å². The Bertz CT molecular complexity index is 263. The average Bonchev–Trinajstić information content (AvgIpc) is 2.11. The molecule has 0 saturated carbocycles. The number of rotatable bonds is 4. The van der Waals surface area contributed by atoms with Gasteiger partial charge in [0.1, 0.15) is 5.60 Å². The topological polar surface area (TPSA) is 32.8 Å². The van der Waals surface area contributed by atoms with E-state index in [4.69, 9.17) is 11.2 Å². The SMILES string of the molecule is C#CCN(C)CCN(C)C(=O)OC(C)(C)C. The van der Waals surface area contributed by atoms with Crippen molar-refractivity contribution in [1.82, 2.24) is 9.80 Å². The van der Waals surface area contributed by atoms with E-state index >= 15 is 0 Å². The minimum absolute atomic E-state index is 0.304. The molecule has 0 fully saturated rings. The number of carbonyl (C=O) groups is 1. The lowest BCUT2D eigenvalue weighted by Crippen LogP contribution is -2.38. The van der Waals surface area contributed by atoms with Crippen LogP contribution in [-0.2, 0) is 4.74 Å². The molecule has 0 aliphatic carbocycles. The first-order valence-electron chi connectivity index (χ1n) is 5.32. The number of nitrogens with zero attached hydrogens (tertiary/aromatic N) is 2. The van der Waals surface area contributed by atoms with E-state index in [1.54, 1.807) is 11.9 Å². The van der Waals surface area contributed by atoms with Crippen molar-refractivity contribution >= 4 is 6.09 Å². The smallest absolute Gasteiger partial charge is 0.410 e. The van der Waals surface area contributed by atoms with Crippen molar-refractivity contribution in [2.45, 2.75) is 26.4 Å². The number of ether oxygens (including phenoxy) is 1.